The first-order chi connectivity index (χ1) is 11.7. The zero-order valence-electron chi connectivity index (χ0n) is 15.5. The van der Waals surface area contributed by atoms with Gasteiger partial charge in [-0.05, 0) is 33.7 Å². The van der Waals surface area contributed by atoms with Crippen molar-refractivity contribution >= 4 is 14.7 Å². The third-order valence-electron chi connectivity index (χ3n) is 3.81. The predicted octanol–water partition coefficient (Wildman–Crippen LogP) is 1.26. The van der Waals surface area contributed by atoms with E-state index in [1.807, 2.05) is 25.7 Å². The molecule has 0 saturated carbocycles. The first-order valence-electron chi connectivity index (χ1n) is 9.15. The van der Waals surface area contributed by atoms with Crippen molar-refractivity contribution in [3.05, 3.63) is 0 Å². The van der Waals surface area contributed by atoms with Crippen LogP contribution >= 0.6 is 0 Å². The summed E-state index contributed by atoms with van der Waals surface area (Å²) >= 11 is 0. The van der Waals surface area contributed by atoms with E-state index in [9.17, 15) is 4.79 Å². The van der Waals surface area contributed by atoms with Gasteiger partial charge in [-0.3, -0.25) is 4.79 Å². The summed E-state index contributed by atoms with van der Waals surface area (Å²) in [7, 11) is -2.53. The molecule has 0 unspecified atom stereocenters. The Morgan fingerprint density at radius 2 is 1.62 bits per heavy atom. The quantitative estimate of drug-likeness (QED) is 0.393. The van der Waals surface area contributed by atoms with Gasteiger partial charge in [0.1, 0.15) is 0 Å². The molecule has 0 aromatic heterocycles. The third-order valence-corrected chi connectivity index (χ3v) is 6.96. The smallest absolute Gasteiger partial charge is 0.378 e. The predicted molar refractivity (Wildman–Crippen MR) is 94.9 cm³/mol. The average Bonchev–Trinajstić information content (AvgIpc) is 2.59. The molecule has 0 radical (unpaired) electrons. The number of amides is 1. The fourth-order valence-corrected chi connectivity index (χ4v) is 5.33. The van der Waals surface area contributed by atoms with Gasteiger partial charge in [0.25, 0.3) is 0 Å². The van der Waals surface area contributed by atoms with E-state index in [1.165, 1.54) is 0 Å². The van der Waals surface area contributed by atoms with Crippen molar-refractivity contribution in [2.24, 2.45) is 0 Å². The van der Waals surface area contributed by atoms with Gasteiger partial charge in [0.15, 0.2) is 0 Å². The lowest BCUT2D eigenvalue weighted by Crippen LogP contribution is -2.46. The minimum Gasteiger partial charge on any atom is -0.378 e. The molecule has 1 heterocycles. The first kappa shape index (κ1) is 21.5. The number of hydrogen-bond donors (Lipinski definition) is 1. The summed E-state index contributed by atoms with van der Waals surface area (Å²) in [6, 6.07) is 0.799. The number of carbonyl (C=O) groups is 1. The molecule has 0 aromatic carbocycles. The van der Waals surface area contributed by atoms with Crippen molar-refractivity contribution in [1.82, 2.24) is 10.2 Å². The van der Waals surface area contributed by atoms with Crippen molar-refractivity contribution in [2.75, 3.05) is 59.2 Å². The van der Waals surface area contributed by atoms with Crippen LogP contribution in [0.3, 0.4) is 0 Å². The van der Waals surface area contributed by atoms with Crippen LogP contribution in [0.15, 0.2) is 0 Å². The number of ether oxygens (including phenoxy) is 1. The highest BCUT2D eigenvalue weighted by molar-refractivity contribution is 6.60. The number of rotatable bonds is 13. The standard InChI is InChI=1S/C16H34N2O5Si/c1-4-21-24(22-5-2,23-6-3)15-7-9-17-10-8-16(19)18-11-13-20-14-12-18/h17H,4-15H2,1-3H3. The van der Waals surface area contributed by atoms with Gasteiger partial charge in [0.05, 0.1) is 13.2 Å². The Labute approximate surface area is 147 Å². The molecule has 1 saturated heterocycles. The molecule has 0 aromatic rings. The molecule has 24 heavy (non-hydrogen) atoms. The molecule has 0 bridgehead atoms. The molecular formula is C16H34N2O5Si. The molecule has 1 aliphatic heterocycles. The zero-order chi connectivity index (χ0) is 17.7. The van der Waals surface area contributed by atoms with Gasteiger partial charge in [0, 0.05) is 51.9 Å². The maximum atomic E-state index is 12.0. The van der Waals surface area contributed by atoms with E-state index in [2.05, 4.69) is 5.32 Å². The minimum absolute atomic E-state index is 0.201. The Hall–Kier alpha value is -0.513. The lowest BCUT2D eigenvalue weighted by molar-refractivity contribution is -0.135. The highest BCUT2D eigenvalue weighted by Crippen LogP contribution is 2.17. The van der Waals surface area contributed by atoms with E-state index in [0.29, 0.717) is 59.1 Å². The van der Waals surface area contributed by atoms with Gasteiger partial charge < -0.3 is 28.2 Å². The average molecular weight is 363 g/mol. The second kappa shape index (κ2) is 12.8. The number of nitrogens with zero attached hydrogens (tertiary/aromatic N) is 1. The molecule has 1 aliphatic rings. The maximum absolute atomic E-state index is 12.0. The van der Waals surface area contributed by atoms with E-state index in [-0.39, 0.29) is 5.91 Å². The van der Waals surface area contributed by atoms with Crippen LogP contribution in [-0.2, 0) is 22.8 Å². The summed E-state index contributed by atoms with van der Waals surface area (Å²) in [6.45, 7) is 12.0. The van der Waals surface area contributed by atoms with Crippen LogP contribution < -0.4 is 5.32 Å². The minimum atomic E-state index is -2.53. The fraction of sp³-hybridized carbons (Fsp3) is 0.938. The molecule has 1 rings (SSSR count). The second-order valence-electron chi connectivity index (χ2n) is 5.58. The number of hydrogen-bond acceptors (Lipinski definition) is 6. The largest absolute Gasteiger partial charge is 0.500 e. The molecule has 1 N–H and O–H groups in total. The Balaban J connectivity index is 2.19. The van der Waals surface area contributed by atoms with Crippen LogP contribution in [0.5, 0.6) is 0 Å². The third kappa shape index (κ3) is 8.04. The lowest BCUT2D eigenvalue weighted by Gasteiger charge is -2.28. The van der Waals surface area contributed by atoms with E-state index in [0.717, 1.165) is 19.0 Å². The first-order valence-corrected chi connectivity index (χ1v) is 11.1. The van der Waals surface area contributed by atoms with Crippen molar-refractivity contribution in [2.45, 2.75) is 39.7 Å². The second-order valence-corrected chi connectivity index (χ2v) is 8.31. The van der Waals surface area contributed by atoms with Gasteiger partial charge in [-0.2, -0.15) is 0 Å². The molecule has 142 valence electrons. The van der Waals surface area contributed by atoms with Gasteiger partial charge in [-0.1, -0.05) is 0 Å². The topological polar surface area (TPSA) is 69.3 Å². The highest BCUT2D eigenvalue weighted by Gasteiger charge is 2.39. The highest BCUT2D eigenvalue weighted by atomic mass is 28.4. The summed E-state index contributed by atoms with van der Waals surface area (Å²) in [5, 5.41) is 3.33. The van der Waals surface area contributed by atoms with Crippen LogP contribution in [0.25, 0.3) is 0 Å². The summed E-state index contributed by atoms with van der Waals surface area (Å²) in [5.41, 5.74) is 0. The monoisotopic (exact) mass is 362 g/mol. The van der Waals surface area contributed by atoms with Crippen LogP contribution in [0.4, 0.5) is 0 Å². The van der Waals surface area contributed by atoms with Crippen LogP contribution in [0.1, 0.15) is 33.6 Å². The Kier molecular flexibility index (Phi) is 11.5. The Morgan fingerprint density at radius 3 is 2.17 bits per heavy atom. The van der Waals surface area contributed by atoms with E-state index < -0.39 is 8.80 Å². The van der Waals surface area contributed by atoms with E-state index in [4.69, 9.17) is 18.0 Å². The van der Waals surface area contributed by atoms with Crippen molar-refractivity contribution in [1.29, 1.82) is 0 Å². The van der Waals surface area contributed by atoms with Crippen LogP contribution in [0.2, 0.25) is 6.04 Å². The van der Waals surface area contributed by atoms with Gasteiger partial charge >= 0.3 is 8.80 Å². The summed E-state index contributed by atoms with van der Waals surface area (Å²) in [4.78, 5) is 13.9. The molecule has 0 atom stereocenters. The number of carbonyl (C=O) groups excluding carboxylic acids is 1. The normalized spacial score (nSPS) is 15.7. The van der Waals surface area contributed by atoms with Crippen LogP contribution in [-0.4, -0.2) is 78.8 Å². The maximum Gasteiger partial charge on any atom is 0.500 e. The molecular weight excluding hydrogens is 328 g/mol. The van der Waals surface area contributed by atoms with Gasteiger partial charge in [-0.25, -0.2) is 0 Å². The molecule has 0 aliphatic carbocycles. The van der Waals surface area contributed by atoms with Crippen molar-refractivity contribution in [3.63, 3.8) is 0 Å². The van der Waals surface area contributed by atoms with E-state index in [1.54, 1.807) is 0 Å². The summed E-state index contributed by atoms with van der Waals surface area (Å²) in [6.07, 6.45) is 1.45. The Bertz CT molecular complexity index is 323. The summed E-state index contributed by atoms with van der Waals surface area (Å²) in [5.74, 6) is 0.201. The van der Waals surface area contributed by atoms with Crippen molar-refractivity contribution in [3.8, 4) is 0 Å². The SMILES string of the molecule is CCO[Si](CCCNCCC(=O)N1CCOCC1)(OCC)OCC. The fourth-order valence-electron chi connectivity index (χ4n) is 2.72. The van der Waals surface area contributed by atoms with Crippen LogP contribution in [0, 0.1) is 0 Å². The van der Waals surface area contributed by atoms with Gasteiger partial charge in [-0.15, -0.1) is 0 Å². The Morgan fingerprint density at radius 1 is 1.04 bits per heavy atom. The molecule has 1 fully saturated rings. The van der Waals surface area contributed by atoms with E-state index >= 15 is 0 Å². The molecule has 1 amide bonds. The summed E-state index contributed by atoms with van der Waals surface area (Å²) < 4.78 is 22.7. The van der Waals surface area contributed by atoms with Gasteiger partial charge in [0.2, 0.25) is 5.91 Å². The molecule has 8 heteroatoms. The zero-order valence-corrected chi connectivity index (χ0v) is 16.5. The number of morpholine rings is 1. The molecule has 7 nitrogen and oxygen atoms in total. The molecule has 0 spiro atoms. The lowest BCUT2D eigenvalue weighted by atomic mass is 10.3. The number of nitrogens with one attached hydrogen (secondary N) is 1. The van der Waals surface area contributed by atoms with Crippen molar-refractivity contribution < 1.29 is 22.8 Å².